The predicted octanol–water partition coefficient (Wildman–Crippen LogP) is 3.84. The topological polar surface area (TPSA) is 0 Å². The Labute approximate surface area is 78.9 Å². The van der Waals surface area contributed by atoms with Crippen molar-refractivity contribution < 1.29 is 0 Å². The third kappa shape index (κ3) is 2.47. The van der Waals surface area contributed by atoms with Crippen LogP contribution in [0.15, 0.2) is 0 Å². The van der Waals surface area contributed by atoms with Crippen LogP contribution in [0, 0.1) is 17.8 Å². The Kier molecular flexibility index (Phi) is 3.42. The highest BCUT2D eigenvalue weighted by Gasteiger charge is 2.28. The molecule has 0 amide bonds. The zero-order chi connectivity index (χ0) is 8.43. The van der Waals surface area contributed by atoms with Crippen molar-refractivity contribution in [1.29, 1.82) is 0 Å². The molecule has 1 rings (SSSR count). The molecule has 0 radical (unpaired) electrons. The van der Waals surface area contributed by atoms with Crippen molar-refractivity contribution in [3.05, 3.63) is 0 Å². The summed E-state index contributed by atoms with van der Waals surface area (Å²) in [5, 5.41) is 0. The maximum absolute atomic E-state index is 3.80. The smallest absolute Gasteiger partial charge is 0.0179 e. The molecule has 0 bridgehead atoms. The molecule has 1 aliphatic carbocycles. The summed E-state index contributed by atoms with van der Waals surface area (Å²) in [5.74, 6) is 2.72. The molecule has 0 spiro atoms. The molecule has 0 N–H and O–H groups in total. The van der Waals surface area contributed by atoms with Gasteiger partial charge in [-0.05, 0) is 30.6 Å². The highest BCUT2D eigenvalue weighted by Crippen LogP contribution is 2.37. The second-order valence-corrected chi connectivity index (χ2v) is 5.52. The molecule has 0 heterocycles. The Morgan fingerprint density at radius 2 is 1.91 bits per heavy atom. The minimum Gasteiger partial charge on any atom is -0.0887 e. The van der Waals surface area contributed by atoms with Crippen molar-refractivity contribution in [2.75, 3.05) is 0 Å². The molecule has 0 unspecified atom stereocenters. The summed E-state index contributed by atoms with van der Waals surface area (Å²) in [7, 11) is 0. The summed E-state index contributed by atoms with van der Waals surface area (Å²) in [4.78, 5) is 0.784. The lowest BCUT2D eigenvalue weighted by atomic mass is 9.77. The zero-order valence-electron chi connectivity index (χ0n) is 7.81. The fourth-order valence-corrected chi connectivity index (χ4v) is 3.60. The van der Waals surface area contributed by atoms with E-state index in [0.29, 0.717) is 0 Å². The summed E-state index contributed by atoms with van der Waals surface area (Å²) >= 11 is 3.80. The number of hydrogen-bond acceptors (Lipinski definition) is 0. The maximum Gasteiger partial charge on any atom is 0.0179 e. The quantitative estimate of drug-likeness (QED) is 0.588. The molecule has 0 aromatic heterocycles. The van der Waals surface area contributed by atoms with E-state index in [1.54, 1.807) is 0 Å². The Morgan fingerprint density at radius 1 is 1.27 bits per heavy atom. The molecule has 1 fully saturated rings. The van der Waals surface area contributed by atoms with Gasteiger partial charge in [-0.3, -0.25) is 0 Å². The van der Waals surface area contributed by atoms with Crippen LogP contribution < -0.4 is 0 Å². The lowest BCUT2D eigenvalue weighted by Gasteiger charge is -2.33. The summed E-state index contributed by atoms with van der Waals surface area (Å²) in [6, 6.07) is 0. The van der Waals surface area contributed by atoms with Crippen LogP contribution in [-0.2, 0) is 0 Å². The molecule has 0 aromatic carbocycles. The van der Waals surface area contributed by atoms with Crippen molar-refractivity contribution >= 4 is 15.9 Å². The molecule has 0 nitrogen and oxygen atoms in total. The Morgan fingerprint density at radius 3 is 2.36 bits per heavy atom. The summed E-state index contributed by atoms with van der Waals surface area (Å²) < 4.78 is 0. The van der Waals surface area contributed by atoms with Crippen molar-refractivity contribution in [3.8, 4) is 0 Å². The minimum atomic E-state index is 0.784. The van der Waals surface area contributed by atoms with Gasteiger partial charge < -0.3 is 0 Å². The standard InChI is InChI=1S/C10H19Br/c1-7(2)9-5-4-8(3)6-10(9)11/h7-10H,4-6H2,1-3H3/t8-,9+,10+/m1/s1. The van der Waals surface area contributed by atoms with Gasteiger partial charge in [-0.15, -0.1) is 0 Å². The summed E-state index contributed by atoms with van der Waals surface area (Å²) in [5.41, 5.74) is 0. The van der Waals surface area contributed by atoms with Crippen LogP contribution in [0.1, 0.15) is 40.0 Å². The van der Waals surface area contributed by atoms with Crippen molar-refractivity contribution in [1.82, 2.24) is 0 Å². The van der Waals surface area contributed by atoms with Crippen molar-refractivity contribution in [3.63, 3.8) is 0 Å². The van der Waals surface area contributed by atoms with Gasteiger partial charge in [-0.25, -0.2) is 0 Å². The van der Waals surface area contributed by atoms with Crippen molar-refractivity contribution in [2.45, 2.75) is 44.9 Å². The molecule has 0 aromatic rings. The van der Waals surface area contributed by atoms with E-state index in [-0.39, 0.29) is 0 Å². The third-order valence-corrected chi connectivity index (χ3v) is 3.99. The first-order valence-corrected chi connectivity index (χ1v) is 5.67. The van der Waals surface area contributed by atoms with E-state index in [9.17, 15) is 0 Å². The van der Waals surface area contributed by atoms with Crippen LogP contribution in [0.25, 0.3) is 0 Å². The van der Waals surface area contributed by atoms with E-state index in [1.807, 2.05) is 0 Å². The largest absolute Gasteiger partial charge is 0.0887 e. The van der Waals surface area contributed by atoms with Gasteiger partial charge in [0.05, 0.1) is 0 Å². The van der Waals surface area contributed by atoms with Crippen LogP contribution in [0.4, 0.5) is 0 Å². The van der Waals surface area contributed by atoms with E-state index >= 15 is 0 Å². The first kappa shape index (κ1) is 9.57. The lowest BCUT2D eigenvalue weighted by molar-refractivity contribution is 0.247. The average molecular weight is 219 g/mol. The predicted molar refractivity (Wildman–Crippen MR) is 54.1 cm³/mol. The van der Waals surface area contributed by atoms with Gasteiger partial charge >= 0.3 is 0 Å². The van der Waals surface area contributed by atoms with E-state index < -0.39 is 0 Å². The molecule has 1 aliphatic rings. The fraction of sp³-hybridized carbons (Fsp3) is 1.00. The molecular formula is C10H19Br. The maximum atomic E-state index is 3.80. The first-order chi connectivity index (χ1) is 5.11. The summed E-state index contributed by atoms with van der Waals surface area (Å²) in [6.45, 7) is 7.05. The van der Waals surface area contributed by atoms with Crippen LogP contribution in [-0.4, -0.2) is 4.83 Å². The first-order valence-electron chi connectivity index (χ1n) is 4.75. The highest BCUT2D eigenvalue weighted by atomic mass is 79.9. The molecule has 11 heavy (non-hydrogen) atoms. The SMILES string of the molecule is CC(C)[C@@H]1CC[C@@H](C)C[C@@H]1Br. The number of rotatable bonds is 1. The van der Waals surface area contributed by atoms with E-state index in [1.165, 1.54) is 19.3 Å². The van der Waals surface area contributed by atoms with Crippen LogP contribution >= 0.6 is 15.9 Å². The third-order valence-electron chi connectivity index (χ3n) is 2.94. The van der Waals surface area contributed by atoms with Gasteiger partial charge in [0.15, 0.2) is 0 Å². The van der Waals surface area contributed by atoms with E-state index in [4.69, 9.17) is 0 Å². The van der Waals surface area contributed by atoms with Gasteiger partial charge in [0, 0.05) is 4.83 Å². The molecule has 0 saturated heterocycles. The van der Waals surface area contributed by atoms with Crippen molar-refractivity contribution in [2.24, 2.45) is 17.8 Å². The normalized spacial score (nSPS) is 39.5. The van der Waals surface area contributed by atoms with Gasteiger partial charge in [-0.1, -0.05) is 43.1 Å². The van der Waals surface area contributed by atoms with E-state index in [0.717, 1.165) is 22.6 Å². The molecule has 66 valence electrons. The van der Waals surface area contributed by atoms with Crippen LogP contribution in [0.2, 0.25) is 0 Å². The van der Waals surface area contributed by atoms with Crippen LogP contribution in [0.3, 0.4) is 0 Å². The lowest BCUT2D eigenvalue weighted by Crippen LogP contribution is -2.27. The molecule has 0 aliphatic heterocycles. The van der Waals surface area contributed by atoms with Gasteiger partial charge in [-0.2, -0.15) is 0 Å². The Balaban J connectivity index is 2.44. The second-order valence-electron chi connectivity index (χ2n) is 4.34. The van der Waals surface area contributed by atoms with Crippen LogP contribution in [0.5, 0.6) is 0 Å². The van der Waals surface area contributed by atoms with E-state index in [2.05, 4.69) is 36.7 Å². The molecular weight excluding hydrogens is 200 g/mol. The van der Waals surface area contributed by atoms with Gasteiger partial charge in [0.1, 0.15) is 0 Å². The fourth-order valence-electron chi connectivity index (χ4n) is 2.09. The molecule has 3 atom stereocenters. The molecule has 1 saturated carbocycles. The van der Waals surface area contributed by atoms with Gasteiger partial charge in [0.2, 0.25) is 0 Å². The Bertz CT molecular complexity index is 120. The highest BCUT2D eigenvalue weighted by molar-refractivity contribution is 9.09. The molecule has 1 heteroatoms. The monoisotopic (exact) mass is 218 g/mol. The Hall–Kier alpha value is 0.480. The number of alkyl halides is 1. The average Bonchev–Trinajstić information content (AvgIpc) is 1.85. The van der Waals surface area contributed by atoms with Gasteiger partial charge in [0.25, 0.3) is 0 Å². The zero-order valence-corrected chi connectivity index (χ0v) is 9.39. The minimum absolute atomic E-state index is 0.784. The second kappa shape index (κ2) is 3.93. The summed E-state index contributed by atoms with van der Waals surface area (Å²) in [6.07, 6.45) is 4.24. The number of halogens is 1. The number of hydrogen-bond donors (Lipinski definition) is 0.